The Bertz CT molecular complexity index is 853. The Morgan fingerprint density at radius 2 is 2.00 bits per heavy atom. The molecule has 130 valence electrons. The molecule has 0 bridgehead atoms. The molecule has 1 saturated heterocycles. The number of piperidine rings is 1. The Labute approximate surface area is 148 Å². The lowest BCUT2D eigenvalue weighted by Crippen LogP contribution is -2.35. The minimum absolute atomic E-state index is 0.524. The molecule has 0 aromatic carbocycles. The standard InChI is InChI=1S/C20H25N5/c1-3-12-24-13-4-5-17(14-24)18-8-11-22-20-19(15(2)23-25(18)20)16-6-9-21-10-7-16/h6-11,17H,3-5,12-14H2,1-2H3. The van der Waals surface area contributed by atoms with Gasteiger partial charge in [0.25, 0.3) is 0 Å². The van der Waals surface area contributed by atoms with Crippen LogP contribution in [0, 0.1) is 6.92 Å². The first kappa shape index (κ1) is 16.2. The molecular weight excluding hydrogens is 310 g/mol. The van der Waals surface area contributed by atoms with E-state index in [9.17, 15) is 0 Å². The van der Waals surface area contributed by atoms with E-state index in [1.807, 2.05) is 30.7 Å². The maximum Gasteiger partial charge on any atom is 0.163 e. The number of hydrogen-bond acceptors (Lipinski definition) is 4. The molecule has 3 aromatic rings. The fourth-order valence-electron chi connectivity index (χ4n) is 4.05. The van der Waals surface area contributed by atoms with Crippen molar-refractivity contribution < 1.29 is 0 Å². The molecule has 3 aromatic heterocycles. The maximum atomic E-state index is 4.85. The molecular formula is C20H25N5. The van der Waals surface area contributed by atoms with Crippen molar-refractivity contribution in [3.8, 4) is 11.1 Å². The van der Waals surface area contributed by atoms with Crippen LogP contribution < -0.4 is 0 Å². The molecule has 4 rings (SSSR count). The molecule has 0 spiro atoms. The molecule has 1 unspecified atom stereocenters. The summed E-state index contributed by atoms with van der Waals surface area (Å²) < 4.78 is 2.07. The minimum Gasteiger partial charge on any atom is -0.303 e. The second-order valence-corrected chi connectivity index (χ2v) is 6.94. The zero-order chi connectivity index (χ0) is 17.2. The Morgan fingerprint density at radius 3 is 2.80 bits per heavy atom. The van der Waals surface area contributed by atoms with E-state index in [0.29, 0.717) is 5.92 Å². The van der Waals surface area contributed by atoms with Crippen LogP contribution in [0.25, 0.3) is 16.8 Å². The summed E-state index contributed by atoms with van der Waals surface area (Å²) in [5.74, 6) is 0.524. The summed E-state index contributed by atoms with van der Waals surface area (Å²) in [6.45, 7) is 7.85. The molecule has 1 atom stereocenters. The van der Waals surface area contributed by atoms with Gasteiger partial charge >= 0.3 is 0 Å². The van der Waals surface area contributed by atoms with E-state index in [0.717, 1.165) is 29.0 Å². The van der Waals surface area contributed by atoms with Gasteiger partial charge in [0.2, 0.25) is 0 Å². The van der Waals surface area contributed by atoms with Crippen molar-refractivity contribution in [3.63, 3.8) is 0 Å². The van der Waals surface area contributed by atoms with Crippen molar-refractivity contribution in [2.75, 3.05) is 19.6 Å². The highest BCUT2D eigenvalue weighted by molar-refractivity contribution is 5.79. The van der Waals surface area contributed by atoms with Crippen LogP contribution >= 0.6 is 0 Å². The van der Waals surface area contributed by atoms with E-state index in [1.165, 1.54) is 38.0 Å². The Kier molecular flexibility index (Phi) is 4.49. The van der Waals surface area contributed by atoms with Gasteiger partial charge in [0.05, 0.1) is 11.4 Å². The van der Waals surface area contributed by atoms with Gasteiger partial charge in [0, 0.05) is 36.6 Å². The fourth-order valence-corrected chi connectivity index (χ4v) is 4.05. The zero-order valence-electron chi connectivity index (χ0n) is 15.0. The van der Waals surface area contributed by atoms with Crippen molar-refractivity contribution in [1.82, 2.24) is 24.5 Å². The van der Waals surface area contributed by atoms with Crippen molar-refractivity contribution in [2.24, 2.45) is 0 Å². The summed E-state index contributed by atoms with van der Waals surface area (Å²) in [4.78, 5) is 11.4. The van der Waals surface area contributed by atoms with Crippen LogP contribution in [-0.2, 0) is 0 Å². The van der Waals surface area contributed by atoms with Crippen LogP contribution in [0.4, 0.5) is 0 Å². The second kappa shape index (κ2) is 6.92. The first-order valence-electron chi connectivity index (χ1n) is 9.25. The minimum atomic E-state index is 0.524. The highest BCUT2D eigenvalue weighted by Gasteiger charge is 2.24. The van der Waals surface area contributed by atoms with Crippen LogP contribution in [0.3, 0.4) is 0 Å². The number of aryl methyl sites for hydroxylation is 1. The molecule has 0 radical (unpaired) electrons. The van der Waals surface area contributed by atoms with Crippen LogP contribution in [-0.4, -0.2) is 44.1 Å². The molecule has 1 aliphatic heterocycles. The largest absolute Gasteiger partial charge is 0.303 e. The summed E-state index contributed by atoms with van der Waals surface area (Å²) >= 11 is 0. The van der Waals surface area contributed by atoms with Crippen LogP contribution in [0.5, 0.6) is 0 Å². The molecule has 1 aliphatic rings. The zero-order valence-corrected chi connectivity index (χ0v) is 15.0. The number of hydrogen-bond donors (Lipinski definition) is 0. The monoisotopic (exact) mass is 335 g/mol. The van der Waals surface area contributed by atoms with E-state index in [-0.39, 0.29) is 0 Å². The van der Waals surface area contributed by atoms with E-state index >= 15 is 0 Å². The third-order valence-corrected chi connectivity index (χ3v) is 5.16. The van der Waals surface area contributed by atoms with Gasteiger partial charge in [-0.25, -0.2) is 9.50 Å². The van der Waals surface area contributed by atoms with E-state index < -0.39 is 0 Å². The lowest BCUT2D eigenvalue weighted by atomic mass is 9.94. The molecule has 0 N–H and O–H groups in total. The Morgan fingerprint density at radius 1 is 1.16 bits per heavy atom. The van der Waals surface area contributed by atoms with Gasteiger partial charge in [0.15, 0.2) is 5.65 Å². The van der Waals surface area contributed by atoms with Crippen molar-refractivity contribution in [1.29, 1.82) is 0 Å². The smallest absolute Gasteiger partial charge is 0.163 e. The topological polar surface area (TPSA) is 46.3 Å². The highest BCUT2D eigenvalue weighted by Crippen LogP contribution is 2.31. The average molecular weight is 335 g/mol. The quantitative estimate of drug-likeness (QED) is 0.729. The number of aromatic nitrogens is 4. The summed E-state index contributed by atoms with van der Waals surface area (Å²) in [5, 5.41) is 4.85. The Balaban J connectivity index is 1.77. The van der Waals surface area contributed by atoms with E-state index in [1.54, 1.807) is 0 Å². The van der Waals surface area contributed by atoms with Crippen LogP contribution in [0.15, 0.2) is 36.8 Å². The predicted molar refractivity (Wildman–Crippen MR) is 99.7 cm³/mol. The first-order chi connectivity index (χ1) is 12.3. The first-order valence-corrected chi connectivity index (χ1v) is 9.25. The number of likely N-dealkylation sites (tertiary alicyclic amines) is 1. The summed E-state index contributed by atoms with van der Waals surface area (Å²) in [5.41, 5.74) is 5.50. The lowest BCUT2D eigenvalue weighted by molar-refractivity contribution is 0.205. The van der Waals surface area contributed by atoms with Gasteiger partial charge in [-0.15, -0.1) is 0 Å². The summed E-state index contributed by atoms with van der Waals surface area (Å²) in [7, 11) is 0. The van der Waals surface area contributed by atoms with Gasteiger partial charge in [-0.2, -0.15) is 5.10 Å². The molecule has 25 heavy (non-hydrogen) atoms. The molecule has 5 heteroatoms. The predicted octanol–water partition coefficient (Wildman–Crippen LogP) is 3.69. The fraction of sp³-hybridized carbons (Fsp3) is 0.450. The molecule has 4 heterocycles. The maximum absolute atomic E-state index is 4.85. The van der Waals surface area contributed by atoms with Crippen LogP contribution in [0.2, 0.25) is 0 Å². The van der Waals surface area contributed by atoms with Gasteiger partial charge in [0.1, 0.15) is 0 Å². The third-order valence-electron chi connectivity index (χ3n) is 5.16. The lowest BCUT2D eigenvalue weighted by Gasteiger charge is -2.32. The SMILES string of the molecule is CCCN1CCCC(c2ccnc3c(-c4ccncc4)c(C)nn23)C1. The Hall–Kier alpha value is -2.27. The average Bonchev–Trinajstić information content (AvgIpc) is 2.98. The van der Waals surface area contributed by atoms with Gasteiger partial charge in [-0.1, -0.05) is 6.92 Å². The van der Waals surface area contributed by atoms with E-state index in [2.05, 4.69) is 39.3 Å². The highest BCUT2D eigenvalue weighted by atomic mass is 15.3. The van der Waals surface area contributed by atoms with Gasteiger partial charge in [-0.3, -0.25) is 4.98 Å². The summed E-state index contributed by atoms with van der Waals surface area (Å²) in [6, 6.07) is 6.21. The number of pyridine rings is 1. The third kappa shape index (κ3) is 3.04. The van der Waals surface area contributed by atoms with Crippen molar-refractivity contribution >= 4 is 5.65 Å². The number of fused-ring (bicyclic) bond motifs is 1. The van der Waals surface area contributed by atoms with Gasteiger partial charge < -0.3 is 4.90 Å². The normalized spacial score (nSPS) is 18.7. The van der Waals surface area contributed by atoms with E-state index in [4.69, 9.17) is 5.10 Å². The molecule has 1 fully saturated rings. The van der Waals surface area contributed by atoms with Crippen LogP contribution in [0.1, 0.15) is 43.5 Å². The molecule has 0 aliphatic carbocycles. The van der Waals surface area contributed by atoms with Gasteiger partial charge in [-0.05, 0) is 63.0 Å². The van der Waals surface area contributed by atoms with Crippen molar-refractivity contribution in [2.45, 2.75) is 39.0 Å². The van der Waals surface area contributed by atoms with Crippen molar-refractivity contribution in [3.05, 3.63) is 48.2 Å². The molecule has 5 nitrogen and oxygen atoms in total. The number of rotatable bonds is 4. The molecule has 0 amide bonds. The summed E-state index contributed by atoms with van der Waals surface area (Å²) in [6.07, 6.45) is 9.29. The second-order valence-electron chi connectivity index (χ2n) is 6.94. The molecule has 0 saturated carbocycles. The number of nitrogens with zero attached hydrogens (tertiary/aromatic N) is 5.